The molecule has 0 saturated carbocycles. The van der Waals surface area contributed by atoms with Gasteiger partial charge in [0.25, 0.3) is 0 Å². The minimum absolute atomic E-state index is 0.00334. The van der Waals surface area contributed by atoms with Crippen molar-refractivity contribution < 1.29 is 9.18 Å². The van der Waals surface area contributed by atoms with Gasteiger partial charge in [-0.15, -0.1) is 0 Å². The van der Waals surface area contributed by atoms with Gasteiger partial charge in [-0.25, -0.2) is 4.39 Å². The summed E-state index contributed by atoms with van der Waals surface area (Å²) in [7, 11) is 1.64. The van der Waals surface area contributed by atoms with E-state index >= 15 is 0 Å². The maximum Gasteiger partial charge on any atom is 0.225 e. The van der Waals surface area contributed by atoms with E-state index in [-0.39, 0.29) is 11.7 Å². The Morgan fingerprint density at radius 2 is 1.77 bits per heavy atom. The number of carbonyl (C=O) groups excluding carboxylic acids is 1. The van der Waals surface area contributed by atoms with E-state index in [0.29, 0.717) is 31.2 Å². The van der Waals surface area contributed by atoms with Gasteiger partial charge in [0, 0.05) is 37.7 Å². The van der Waals surface area contributed by atoms with Crippen LogP contribution in [0.4, 0.5) is 4.39 Å². The largest absolute Gasteiger partial charge is 0.355 e. The first-order valence-electron chi connectivity index (χ1n) is 7.31. The lowest BCUT2D eigenvalue weighted by Crippen LogP contribution is -2.43. The van der Waals surface area contributed by atoms with Gasteiger partial charge in [-0.1, -0.05) is 39.0 Å². The van der Waals surface area contributed by atoms with Crippen molar-refractivity contribution in [3.05, 3.63) is 35.6 Å². The summed E-state index contributed by atoms with van der Waals surface area (Å²) in [5.41, 5.74) is 0.177. The average molecular weight is 308 g/mol. The number of hydrogen-bond donors (Lipinski definition) is 3. The quantitative estimate of drug-likeness (QED) is 0.440. The van der Waals surface area contributed by atoms with Gasteiger partial charge in [-0.3, -0.25) is 9.79 Å². The molecule has 0 aliphatic heterocycles. The van der Waals surface area contributed by atoms with Crippen molar-refractivity contribution in [1.82, 2.24) is 16.0 Å². The molecule has 0 aliphatic rings. The number of nitrogens with one attached hydrogen (secondary N) is 3. The SMILES string of the molecule is CN=C(NCCNC(=O)C(C)(C)C)NCc1ccccc1F. The number of carbonyl (C=O) groups is 1. The van der Waals surface area contributed by atoms with Crippen LogP contribution in [0.3, 0.4) is 0 Å². The Labute approximate surface area is 131 Å². The molecule has 0 bridgehead atoms. The van der Waals surface area contributed by atoms with Crippen LogP contribution >= 0.6 is 0 Å². The predicted molar refractivity (Wildman–Crippen MR) is 87.1 cm³/mol. The molecule has 0 spiro atoms. The van der Waals surface area contributed by atoms with E-state index in [0.717, 1.165) is 0 Å². The van der Waals surface area contributed by atoms with Crippen LogP contribution in [0.15, 0.2) is 29.3 Å². The molecule has 1 rings (SSSR count). The molecule has 0 heterocycles. The topological polar surface area (TPSA) is 65.5 Å². The standard InChI is InChI=1S/C16H25FN4O/c1-16(2,3)14(22)19-9-10-20-15(18-4)21-11-12-7-5-6-8-13(12)17/h5-8H,9-11H2,1-4H3,(H,19,22)(H2,18,20,21). The van der Waals surface area contributed by atoms with Crippen molar-refractivity contribution in [2.45, 2.75) is 27.3 Å². The molecule has 0 unspecified atom stereocenters. The summed E-state index contributed by atoms with van der Waals surface area (Å²) >= 11 is 0. The molecule has 0 aromatic heterocycles. The number of aliphatic imine (C=N–C) groups is 1. The normalized spacial score (nSPS) is 12.0. The fraction of sp³-hybridized carbons (Fsp3) is 0.500. The highest BCUT2D eigenvalue weighted by Crippen LogP contribution is 2.11. The minimum atomic E-state index is -0.398. The number of halogens is 1. The van der Waals surface area contributed by atoms with Crippen LogP contribution in [0, 0.1) is 11.2 Å². The zero-order valence-electron chi connectivity index (χ0n) is 13.7. The molecule has 22 heavy (non-hydrogen) atoms. The van der Waals surface area contributed by atoms with E-state index in [9.17, 15) is 9.18 Å². The van der Waals surface area contributed by atoms with E-state index in [2.05, 4.69) is 20.9 Å². The predicted octanol–water partition coefficient (Wildman–Crippen LogP) is 1.65. The minimum Gasteiger partial charge on any atom is -0.355 e. The number of amides is 1. The lowest BCUT2D eigenvalue weighted by molar-refractivity contribution is -0.128. The Bertz CT molecular complexity index is 523. The van der Waals surface area contributed by atoms with Gasteiger partial charge in [0.1, 0.15) is 5.82 Å². The summed E-state index contributed by atoms with van der Waals surface area (Å²) in [6.07, 6.45) is 0. The first kappa shape index (κ1) is 17.9. The molecule has 3 N–H and O–H groups in total. The lowest BCUT2D eigenvalue weighted by atomic mass is 9.96. The van der Waals surface area contributed by atoms with Crippen molar-refractivity contribution in [2.75, 3.05) is 20.1 Å². The van der Waals surface area contributed by atoms with Crippen molar-refractivity contribution in [2.24, 2.45) is 10.4 Å². The third kappa shape index (κ3) is 6.11. The van der Waals surface area contributed by atoms with Crippen LogP contribution in [0.2, 0.25) is 0 Å². The molecule has 1 amide bonds. The number of guanidine groups is 1. The molecule has 122 valence electrons. The van der Waals surface area contributed by atoms with Crippen LogP contribution in [0.25, 0.3) is 0 Å². The Kier molecular flexibility index (Phi) is 6.82. The molecule has 1 aromatic rings. The van der Waals surface area contributed by atoms with Gasteiger partial charge in [0.05, 0.1) is 0 Å². The summed E-state index contributed by atoms with van der Waals surface area (Å²) in [5.74, 6) is 0.319. The molecule has 6 heteroatoms. The number of benzene rings is 1. The summed E-state index contributed by atoms with van der Waals surface area (Å²) in [4.78, 5) is 15.8. The van der Waals surface area contributed by atoms with Crippen LogP contribution < -0.4 is 16.0 Å². The van der Waals surface area contributed by atoms with E-state index in [1.807, 2.05) is 20.8 Å². The molecule has 0 aliphatic carbocycles. The van der Waals surface area contributed by atoms with Crippen molar-refractivity contribution >= 4 is 11.9 Å². The average Bonchev–Trinajstić information content (AvgIpc) is 2.46. The molecule has 0 fully saturated rings. The Morgan fingerprint density at radius 1 is 1.14 bits per heavy atom. The fourth-order valence-electron chi connectivity index (χ4n) is 1.66. The van der Waals surface area contributed by atoms with Gasteiger partial charge in [-0.05, 0) is 6.07 Å². The fourth-order valence-corrected chi connectivity index (χ4v) is 1.66. The van der Waals surface area contributed by atoms with E-state index < -0.39 is 5.41 Å². The van der Waals surface area contributed by atoms with Gasteiger partial charge in [-0.2, -0.15) is 0 Å². The summed E-state index contributed by atoms with van der Waals surface area (Å²) < 4.78 is 13.5. The highest BCUT2D eigenvalue weighted by Gasteiger charge is 2.20. The van der Waals surface area contributed by atoms with Crippen LogP contribution in [0.5, 0.6) is 0 Å². The van der Waals surface area contributed by atoms with Gasteiger partial charge in [0.15, 0.2) is 5.96 Å². The highest BCUT2D eigenvalue weighted by molar-refractivity contribution is 5.81. The molecule has 5 nitrogen and oxygen atoms in total. The van der Waals surface area contributed by atoms with Crippen molar-refractivity contribution in [1.29, 1.82) is 0 Å². The zero-order valence-corrected chi connectivity index (χ0v) is 13.7. The third-order valence-corrected chi connectivity index (χ3v) is 3.01. The smallest absolute Gasteiger partial charge is 0.225 e. The molecule has 0 radical (unpaired) electrons. The van der Waals surface area contributed by atoms with Crippen molar-refractivity contribution in [3.63, 3.8) is 0 Å². The van der Waals surface area contributed by atoms with E-state index in [1.165, 1.54) is 6.07 Å². The molecule has 0 atom stereocenters. The van der Waals surface area contributed by atoms with Crippen LogP contribution in [0.1, 0.15) is 26.3 Å². The summed E-state index contributed by atoms with van der Waals surface area (Å²) in [6, 6.07) is 6.59. The zero-order chi connectivity index (χ0) is 16.6. The lowest BCUT2D eigenvalue weighted by Gasteiger charge is -2.18. The second-order valence-corrected chi connectivity index (χ2v) is 5.95. The maximum atomic E-state index is 13.5. The highest BCUT2D eigenvalue weighted by atomic mass is 19.1. The molecular weight excluding hydrogens is 283 g/mol. The van der Waals surface area contributed by atoms with Crippen molar-refractivity contribution in [3.8, 4) is 0 Å². The molecule has 1 aromatic carbocycles. The number of hydrogen-bond acceptors (Lipinski definition) is 2. The number of nitrogens with zero attached hydrogens (tertiary/aromatic N) is 1. The Balaban J connectivity index is 2.32. The Morgan fingerprint density at radius 3 is 2.36 bits per heavy atom. The monoisotopic (exact) mass is 308 g/mol. The van der Waals surface area contributed by atoms with Gasteiger partial charge >= 0.3 is 0 Å². The second kappa shape index (κ2) is 8.36. The summed E-state index contributed by atoms with van der Waals surface area (Å²) in [5, 5.41) is 8.94. The molecular formula is C16H25FN4O. The van der Waals surface area contributed by atoms with Gasteiger partial charge < -0.3 is 16.0 Å². The van der Waals surface area contributed by atoms with E-state index in [4.69, 9.17) is 0 Å². The number of rotatable bonds is 5. The van der Waals surface area contributed by atoms with Gasteiger partial charge in [0.2, 0.25) is 5.91 Å². The maximum absolute atomic E-state index is 13.5. The first-order valence-corrected chi connectivity index (χ1v) is 7.31. The van der Waals surface area contributed by atoms with Crippen LogP contribution in [-0.4, -0.2) is 32.0 Å². The first-order chi connectivity index (χ1) is 10.3. The second-order valence-electron chi connectivity index (χ2n) is 5.95. The Hall–Kier alpha value is -2.11. The molecule has 0 saturated heterocycles. The van der Waals surface area contributed by atoms with Crippen LogP contribution in [-0.2, 0) is 11.3 Å². The van der Waals surface area contributed by atoms with E-state index in [1.54, 1.807) is 25.2 Å². The third-order valence-electron chi connectivity index (χ3n) is 3.01. The summed E-state index contributed by atoms with van der Waals surface area (Å²) in [6.45, 7) is 6.98.